The molecule has 18 heterocycles. The summed E-state index contributed by atoms with van der Waals surface area (Å²) >= 11 is 0. The van der Waals surface area contributed by atoms with Gasteiger partial charge in [-0.25, -0.2) is 0 Å². The van der Waals surface area contributed by atoms with Crippen molar-refractivity contribution in [2.45, 2.75) is 287 Å². The Morgan fingerprint density at radius 2 is 0.343 bits per heavy atom. The summed E-state index contributed by atoms with van der Waals surface area (Å²) < 4.78 is 82.8. The van der Waals surface area contributed by atoms with Crippen LogP contribution in [0, 0.1) is 0 Å². The Kier molecular flexibility index (Phi) is 30.9. The predicted octanol–water partition coefficient (Wildman–Crippen LogP) is 27.1. The van der Waals surface area contributed by atoms with Crippen molar-refractivity contribution in [2.75, 3.05) is 81.3 Å². The van der Waals surface area contributed by atoms with Gasteiger partial charge >= 0.3 is 0 Å². The number of hydrogen-bond acceptors (Lipinski definition) is 16. The molecule has 0 unspecified atom stereocenters. The molecule has 0 amide bonds. The van der Waals surface area contributed by atoms with E-state index >= 15 is 0 Å². The molecule has 16 nitrogen and oxygen atoms in total. The molecule has 14 aliphatic heterocycles. The summed E-state index contributed by atoms with van der Waals surface area (Å²) in [5, 5.41) is 0. The maximum Gasteiger partial charge on any atom is 0.126 e. The van der Waals surface area contributed by atoms with Gasteiger partial charge in [0.05, 0.1) is 49.2 Å². The molecule has 0 spiro atoms. The highest BCUT2D eigenvalue weighted by molar-refractivity contribution is 5.65. The van der Waals surface area contributed by atoms with E-state index in [1.807, 2.05) is 24.8 Å². The molecule has 28 bridgehead atoms. The standard InChI is InChI=1S/C124H152N4O12/c1-117(2,3)97-53-81-45-89-61-101(121(13,14)15)63-91-47-83-55-98(118(4,5)6)56-84(110(83)134-42-38-130-26)48-92-64-102(122(16,17)18)62-90(46-82(54-97)109(81)133-41-37-129-25)114(92)138-74-78-30-34-106(126-70-78)108-36-32-80(72-128-108)76-140-116-94-50-86-58-99(119(7,8)9)57-85(111(86)135-43-39-131-27)49-93-65-103(123(19,20)21)67-95(115(93)139-75-79-31-35-107(127-71-79)105-33-29-77(69-125-105)73-137-113(89)91)51-87-59-100(120(10,11)12)60-88(112(87)136-44-40-132-28)52-96(116)68-104(66-94)124(22,23)24/h29-36,53-72H,37-52,73-76H2,1-28H3. The van der Waals surface area contributed by atoms with Crippen LogP contribution < -0.4 is 37.9 Å². The van der Waals surface area contributed by atoms with E-state index in [4.69, 9.17) is 76.8 Å². The van der Waals surface area contributed by atoms with Crippen LogP contribution in [0.25, 0.3) is 22.8 Å². The first-order chi connectivity index (χ1) is 66.2. The second kappa shape index (κ2) is 42.0. The summed E-state index contributed by atoms with van der Waals surface area (Å²) in [6.45, 7) is 59.0. The van der Waals surface area contributed by atoms with E-state index in [1.54, 1.807) is 28.4 Å². The van der Waals surface area contributed by atoms with Gasteiger partial charge in [-0.15, -0.1) is 0 Å². The van der Waals surface area contributed by atoms with E-state index < -0.39 is 0 Å². The van der Waals surface area contributed by atoms with Crippen LogP contribution in [0.5, 0.6) is 46.0 Å². The molecule has 8 aromatic carbocycles. The SMILES string of the molecule is COCCOc1c2cc(C(C)(C)C)cc1Cc1cc(C(C)(C)C)cc3c1OCc1ccc(nc1)-c1ccc(cn1)COc1c4cc(C(C)(C)C)cc1Cc1cc(C(C)(C)C)cc(c1OCCOC)Cc1cc(C(C)(C)C)cc(c1OCc1ccc(nc1)-c1ccc(cn1)COc1c(cc(C(C)(C)C)cc1Cc1cc(C(C)(C)C)cc(c1OCCOC)C3)C2)Cc1cc(C(C)(C)C)cc(c1OCCOC)C4. The number of pyridine rings is 4. The van der Waals surface area contributed by atoms with Crippen molar-refractivity contribution in [3.05, 3.63) is 326 Å². The zero-order chi connectivity index (χ0) is 100. The Balaban J connectivity index is 0.953. The van der Waals surface area contributed by atoms with Gasteiger partial charge < -0.3 is 56.8 Å². The molecule has 16 aliphatic rings. The quantitative estimate of drug-likeness (QED) is 0.0839. The topological polar surface area (TPSA) is 162 Å². The van der Waals surface area contributed by atoms with Crippen molar-refractivity contribution in [3.63, 3.8) is 0 Å². The molecular formula is C124H152N4O12. The summed E-state index contributed by atoms with van der Waals surface area (Å²) in [5.41, 5.74) is 30.4. The van der Waals surface area contributed by atoms with Crippen LogP contribution in [-0.4, -0.2) is 101 Å². The van der Waals surface area contributed by atoms with Gasteiger partial charge in [-0.1, -0.05) is 287 Å². The van der Waals surface area contributed by atoms with Gasteiger partial charge in [-0.05, 0) is 201 Å². The minimum Gasteiger partial charge on any atom is -0.491 e. The zero-order valence-electron chi connectivity index (χ0n) is 89.0. The van der Waals surface area contributed by atoms with Crippen LogP contribution >= 0.6 is 0 Å². The number of fused-ring (bicyclic) bond motifs is 2. The average molecular weight is 1890 g/mol. The molecule has 16 heteroatoms. The first-order valence-electron chi connectivity index (χ1n) is 50.3. The van der Waals surface area contributed by atoms with Crippen LogP contribution in [-0.2, 0) is 140 Å². The van der Waals surface area contributed by atoms with Gasteiger partial charge in [0.2, 0.25) is 0 Å². The lowest BCUT2D eigenvalue weighted by atomic mass is 9.79. The summed E-state index contributed by atoms with van der Waals surface area (Å²) in [5.74, 6) is 6.46. The van der Waals surface area contributed by atoms with Gasteiger partial charge in [-0.2, -0.15) is 0 Å². The number of benzene rings is 8. The van der Waals surface area contributed by atoms with Crippen LogP contribution in [0.1, 0.15) is 322 Å². The predicted molar refractivity (Wildman–Crippen MR) is 565 cm³/mol. The molecule has 140 heavy (non-hydrogen) atoms. The first-order valence-corrected chi connectivity index (χ1v) is 50.3. The Hall–Kier alpha value is -11.4. The zero-order valence-corrected chi connectivity index (χ0v) is 89.0. The van der Waals surface area contributed by atoms with E-state index in [0.29, 0.717) is 104 Å². The molecule has 4 aromatic heterocycles. The molecule has 0 N–H and O–H groups in total. The summed E-state index contributed by atoms with van der Waals surface area (Å²) in [4.78, 5) is 20.9. The third-order valence-electron chi connectivity index (χ3n) is 27.4. The second-order valence-corrected chi connectivity index (χ2v) is 47.1. The Morgan fingerprint density at radius 3 is 0.464 bits per heavy atom. The molecule has 12 aromatic rings. The van der Waals surface area contributed by atoms with Crippen molar-refractivity contribution in [1.82, 2.24) is 19.9 Å². The maximum absolute atomic E-state index is 7.61. The highest BCUT2D eigenvalue weighted by atomic mass is 16.5. The monoisotopic (exact) mass is 1890 g/mol. The van der Waals surface area contributed by atoms with Crippen molar-refractivity contribution in [2.24, 2.45) is 0 Å². The van der Waals surface area contributed by atoms with Crippen molar-refractivity contribution < 1.29 is 56.8 Å². The molecule has 0 saturated carbocycles. The number of hydrogen-bond donors (Lipinski definition) is 0. The third-order valence-corrected chi connectivity index (χ3v) is 27.4. The lowest BCUT2D eigenvalue weighted by molar-refractivity contribution is 0.145. The van der Waals surface area contributed by atoms with Crippen molar-refractivity contribution in [1.29, 1.82) is 0 Å². The molecule has 28 rings (SSSR count). The van der Waals surface area contributed by atoms with Gasteiger partial charge in [0.15, 0.2) is 0 Å². The average Bonchev–Trinajstić information content (AvgIpc) is 0.756. The van der Waals surface area contributed by atoms with Crippen LogP contribution in [0.4, 0.5) is 0 Å². The van der Waals surface area contributed by atoms with E-state index in [9.17, 15) is 0 Å². The van der Waals surface area contributed by atoms with Crippen LogP contribution in [0.2, 0.25) is 0 Å². The molecule has 2 aliphatic carbocycles. The van der Waals surface area contributed by atoms with Crippen molar-refractivity contribution in [3.8, 4) is 68.8 Å². The number of aromatic nitrogens is 4. The Bertz CT molecular complexity index is 5440. The summed E-state index contributed by atoms with van der Waals surface area (Å²) in [6, 6.07) is 54.7. The van der Waals surface area contributed by atoms with Gasteiger partial charge in [0.25, 0.3) is 0 Å². The molecule has 0 radical (unpaired) electrons. The fourth-order valence-corrected chi connectivity index (χ4v) is 18.9. The van der Waals surface area contributed by atoms with E-state index in [0.717, 1.165) is 180 Å². The number of rotatable bonds is 16. The first kappa shape index (κ1) is 103. The van der Waals surface area contributed by atoms with E-state index in [1.165, 1.54) is 44.5 Å². The molecule has 0 fully saturated rings. The minimum atomic E-state index is -0.279. The van der Waals surface area contributed by atoms with Crippen LogP contribution in [0.3, 0.4) is 0 Å². The minimum absolute atomic E-state index is 0.222. The third kappa shape index (κ3) is 24.7. The van der Waals surface area contributed by atoms with Gasteiger partial charge in [0, 0.05) is 127 Å². The largest absolute Gasteiger partial charge is 0.491 e. The van der Waals surface area contributed by atoms with Gasteiger partial charge in [-0.3, -0.25) is 19.9 Å². The molecular weight excluding hydrogens is 1740 g/mol. The van der Waals surface area contributed by atoms with Gasteiger partial charge in [0.1, 0.15) is 98.9 Å². The van der Waals surface area contributed by atoms with E-state index in [-0.39, 0.29) is 69.7 Å². The highest BCUT2D eigenvalue weighted by Gasteiger charge is 2.35. The Morgan fingerprint density at radius 1 is 0.200 bits per heavy atom. The highest BCUT2D eigenvalue weighted by Crippen LogP contribution is 2.50. The number of ether oxygens (including phenoxy) is 12. The number of methoxy groups -OCH3 is 4. The fourth-order valence-electron chi connectivity index (χ4n) is 18.9. The molecule has 740 valence electrons. The lowest BCUT2D eigenvalue weighted by Crippen LogP contribution is -2.18. The summed E-state index contributed by atoms with van der Waals surface area (Å²) in [7, 11) is 6.93. The summed E-state index contributed by atoms with van der Waals surface area (Å²) in [6.07, 6.45) is 11.6. The second-order valence-electron chi connectivity index (χ2n) is 47.1. The fraction of sp³-hybridized carbons (Fsp3) is 0.452. The Labute approximate surface area is 835 Å². The van der Waals surface area contributed by atoms with Crippen LogP contribution in [0.15, 0.2) is 170 Å². The van der Waals surface area contributed by atoms with Crippen molar-refractivity contribution >= 4 is 0 Å². The molecule has 0 saturated heterocycles. The normalized spacial score (nSPS) is 14.1. The lowest BCUT2D eigenvalue weighted by Gasteiger charge is -2.29. The maximum atomic E-state index is 7.61. The number of nitrogens with zero attached hydrogens (tertiary/aromatic N) is 4. The van der Waals surface area contributed by atoms with E-state index in [2.05, 4.69) is 312 Å². The smallest absolute Gasteiger partial charge is 0.126 e. The molecule has 0 atom stereocenters.